The standard InChI is InChI=1S/C25H25N5O4S2/c1-4-21(31)29-9-11-30(12-10-29)24(33)18-14-20(16(2)13-19(18)34-3)35-22-15-27-25(36-22)28-23(32)17-5-7-26-8-6-17/h4-8,13-15H,1,9-12H2,2-3H3,(H,27,28,32). The van der Waals surface area contributed by atoms with Gasteiger partial charge in [0.2, 0.25) is 5.91 Å². The molecule has 11 heteroatoms. The summed E-state index contributed by atoms with van der Waals surface area (Å²) >= 11 is 2.82. The maximum Gasteiger partial charge on any atom is 0.257 e. The van der Waals surface area contributed by atoms with Gasteiger partial charge in [0.25, 0.3) is 11.8 Å². The second kappa shape index (κ2) is 11.4. The number of methoxy groups -OCH3 is 1. The fourth-order valence-corrected chi connectivity index (χ4v) is 5.62. The summed E-state index contributed by atoms with van der Waals surface area (Å²) in [6.07, 6.45) is 6.10. The fourth-order valence-electron chi connectivity index (χ4n) is 3.68. The van der Waals surface area contributed by atoms with Crippen LogP contribution in [0.4, 0.5) is 5.13 Å². The molecule has 1 fully saturated rings. The van der Waals surface area contributed by atoms with E-state index in [0.717, 1.165) is 14.7 Å². The van der Waals surface area contributed by atoms with Crippen molar-refractivity contribution in [1.29, 1.82) is 0 Å². The zero-order valence-corrected chi connectivity index (χ0v) is 21.5. The molecule has 1 aromatic carbocycles. The van der Waals surface area contributed by atoms with Crippen LogP contribution in [0.25, 0.3) is 0 Å². The summed E-state index contributed by atoms with van der Waals surface area (Å²) in [7, 11) is 1.54. The van der Waals surface area contributed by atoms with Gasteiger partial charge in [0.1, 0.15) is 5.75 Å². The number of pyridine rings is 1. The highest BCUT2D eigenvalue weighted by molar-refractivity contribution is 8.01. The first-order valence-corrected chi connectivity index (χ1v) is 12.8. The number of aryl methyl sites for hydroxylation is 1. The van der Waals surface area contributed by atoms with E-state index in [1.807, 2.05) is 19.1 Å². The summed E-state index contributed by atoms with van der Waals surface area (Å²) in [5.41, 5.74) is 1.91. The highest BCUT2D eigenvalue weighted by Crippen LogP contribution is 2.38. The lowest BCUT2D eigenvalue weighted by atomic mass is 10.1. The number of nitrogens with zero attached hydrogens (tertiary/aromatic N) is 4. The molecule has 0 spiro atoms. The van der Waals surface area contributed by atoms with Crippen LogP contribution >= 0.6 is 23.1 Å². The molecule has 0 atom stereocenters. The van der Waals surface area contributed by atoms with E-state index < -0.39 is 0 Å². The molecular weight excluding hydrogens is 498 g/mol. The molecule has 1 N–H and O–H groups in total. The van der Waals surface area contributed by atoms with Crippen LogP contribution in [0.2, 0.25) is 0 Å². The van der Waals surface area contributed by atoms with Gasteiger partial charge in [-0.1, -0.05) is 29.7 Å². The molecule has 0 bridgehead atoms. The van der Waals surface area contributed by atoms with Crippen molar-refractivity contribution in [2.75, 3.05) is 38.6 Å². The topological polar surface area (TPSA) is 105 Å². The van der Waals surface area contributed by atoms with E-state index in [9.17, 15) is 14.4 Å². The molecule has 0 aliphatic carbocycles. The van der Waals surface area contributed by atoms with Gasteiger partial charge in [0.05, 0.1) is 23.1 Å². The van der Waals surface area contributed by atoms with E-state index in [2.05, 4.69) is 21.9 Å². The lowest BCUT2D eigenvalue weighted by Crippen LogP contribution is -2.50. The number of piperazine rings is 1. The van der Waals surface area contributed by atoms with Gasteiger partial charge in [-0.2, -0.15) is 0 Å². The van der Waals surface area contributed by atoms with Crippen molar-refractivity contribution in [3.05, 3.63) is 72.2 Å². The summed E-state index contributed by atoms with van der Waals surface area (Å²) in [6.45, 7) is 7.27. The Bertz CT molecular complexity index is 1290. The van der Waals surface area contributed by atoms with E-state index in [-0.39, 0.29) is 17.7 Å². The predicted octanol–water partition coefficient (Wildman–Crippen LogP) is 3.73. The number of thiazole rings is 1. The Kier molecular flexibility index (Phi) is 8.01. The zero-order chi connectivity index (χ0) is 25.7. The zero-order valence-electron chi connectivity index (χ0n) is 19.9. The van der Waals surface area contributed by atoms with Gasteiger partial charge < -0.3 is 14.5 Å². The SMILES string of the molecule is C=CC(=O)N1CCN(C(=O)c2cc(Sc3cnc(NC(=O)c4ccncc4)s3)c(C)cc2OC)CC1. The smallest absolute Gasteiger partial charge is 0.257 e. The van der Waals surface area contributed by atoms with Crippen LogP contribution < -0.4 is 10.1 Å². The van der Waals surface area contributed by atoms with E-state index in [1.54, 1.807) is 47.6 Å². The molecule has 186 valence electrons. The summed E-state index contributed by atoms with van der Waals surface area (Å²) < 4.78 is 6.38. The van der Waals surface area contributed by atoms with Crippen LogP contribution in [0.15, 0.2) is 64.6 Å². The number of rotatable bonds is 7. The Morgan fingerprint density at radius 3 is 2.50 bits per heavy atom. The van der Waals surface area contributed by atoms with Gasteiger partial charge in [0.15, 0.2) is 5.13 Å². The van der Waals surface area contributed by atoms with Crippen molar-refractivity contribution in [3.63, 3.8) is 0 Å². The molecule has 1 aliphatic heterocycles. The van der Waals surface area contributed by atoms with E-state index >= 15 is 0 Å². The van der Waals surface area contributed by atoms with Crippen molar-refractivity contribution in [2.24, 2.45) is 0 Å². The van der Waals surface area contributed by atoms with Crippen LogP contribution in [-0.2, 0) is 4.79 Å². The number of benzene rings is 1. The van der Waals surface area contributed by atoms with Crippen molar-refractivity contribution < 1.29 is 19.1 Å². The fraction of sp³-hybridized carbons (Fsp3) is 0.240. The Morgan fingerprint density at radius 1 is 1.14 bits per heavy atom. The van der Waals surface area contributed by atoms with Gasteiger partial charge in [-0.05, 0) is 42.8 Å². The first-order valence-electron chi connectivity index (χ1n) is 11.1. The number of anilines is 1. The second-order valence-corrected chi connectivity index (χ2v) is 10.3. The third-order valence-electron chi connectivity index (χ3n) is 5.64. The number of hydrogen-bond donors (Lipinski definition) is 1. The van der Waals surface area contributed by atoms with Crippen LogP contribution in [-0.4, -0.2) is 70.8 Å². The Morgan fingerprint density at radius 2 is 1.83 bits per heavy atom. The molecule has 0 unspecified atom stereocenters. The van der Waals surface area contributed by atoms with Crippen molar-refractivity contribution in [1.82, 2.24) is 19.8 Å². The minimum absolute atomic E-state index is 0.130. The van der Waals surface area contributed by atoms with Crippen LogP contribution in [0, 0.1) is 6.92 Å². The minimum Gasteiger partial charge on any atom is -0.496 e. The van der Waals surface area contributed by atoms with E-state index in [0.29, 0.717) is 48.2 Å². The Labute approximate surface area is 217 Å². The number of ether oxygens (including phenoxy) is 1. The van der Waals surface area contributed by atoms with E-state index in [4.69, 9.17) is 4.74 Å². The molecule has 3 amide bonds. The van der Waals surface area contributed by atoms with Gasteiger partial charge >= 0.3 is 0 Å². The molecule has 9 nitrogen and oxygen atoms in total. The third kappa shape index (κ3) is 5.74. The molecule has 1 saturated heterocycles. The van der Waals surface area contributed by atoms with Crippen molar-refractivity contribution >= 4 is 46.0 Å². The molecule has 2 aromatic heterocycles. The molecular formula is C25H25N5O4S2. The largest absolute Gasteiger partial charge is 0.496 e. The number of hydrogen-bond acceptors (Lipinski definition) is 8. The highest BCUT2D eigenvalue weighted by Gasteiger charge is 2.26. The number of amides is 3. The lowest BCUT2D eigenvalue weighted by Gasteiger charge is -2.34. The molecule has 4 rings (SSSR count). The summed E-state index contributed by atoms with van der Waals surface area (Å²) in [4.78, 5) is 50.1. The summed E-state index contributed by atoms with van der Waals surface area (Å²) in [5, 5.41) is 3.28. The second-order valence-electron chi connectivity index (χ2n) is 7.92. The normalized spacial score (nSPS) is 13.3. The highest BCUT2D eigenvalue weighted by atomic mass is 32.2. The lowest BCUT2D eigenvalue weighted by molar-refractivity contribution is -0.127. The first-order chi connectivity index (χ1) is 17.4. The number of carbonyl (C=O) groups is 3. The summed E-state index contributed by atoms with van der Waals surface area (Å²) in [6, 6.07) is 6.95. The maximum atomic E-state index is 13.4. The maximum absolute atomic E-state index is 13.4. The van der Waals surface area contributed by atoms with Gasteiger partial charge in [-0.3, -0.25) is 24.7 Å². The molecule has 3 aromatic rings. The number of aromatic nitrogens is 2. The van der Waals surface area contributed by atoms with Gasteiger partial charge in [-0.15, -0.1) is 0 Å². The van der Waals surface area contributed by atoms with Gasteiger partial charge in [0, 0.05) is 49.0 Å². The molecule has 36 heavy (non-hydrogen) atoms. The van der Waals surface area contributed by atoms with E-state index in [1.165, 1.54) is 29.2 Å². The van der Waals surface area contributed by atoms with Crippen LogP contribution in [0.1, 0.15) is 26.3 Å². The molecule has 0 saturated carbocycles. The molecule has 3 heterocycles. The Balaban J connectivity index is 1.48. The minimum atomic E-state index is -0.258. The van der Waals surface area contributed by atoms with Crippen LogP contribution in [0.3, 0.4) is 0 Å². The van der Waals surface area contributed by atoms with Crippen molar-refractivity contribution in [3.8, 4) is 5.75 Å². The van der Waals surface area contributed by atoms with Gasteiger partial charge in [-0.25, -0.2) is 4.98 Å². The summed E-state index contributed by atoms with van der Waals surface area (Å²) in [5.74, 6) is -0.0311. The monoisotopic (exact) mass is 523 g/mol. The quantitative estimate of drug-likeness (QED) is 0.471. The number of carbonyl (C=O) groups excluding carboxylic acids is 3. The molecule has 0 radical (unpaired) electrons. The average molecular weight is 524 g/mol. The third-order valence-corrected chi connectivity index (χ3v) is 7.81. The average Bonchev–Trinajstić information content (AvgIpc) is 3.35. The van der Waals surface area contributed by atoms with Crippen LogP contribution in [0.5, 0.6) is 5.75 Å². The Hall–Kier alpha value is -3.70. The number of nitrogens with one attached hydrogen (secondary N) is 1. The van der Waals surface area contributed by atoms with Crippen molar-refractivity contribution in [2.45, 2.75) is 16.0 Å². The first kappa shape index (κ1) is 25.4. The predicted molar refractivity (Wildman–Crippen MR) is 139 cm³/mol. The molecule has 1 aliphatic rings.